The first-order valence-electron chi connectivity index (χ1n) is 11.3. The van der Waals surface area contributed by atoms with E-state index in [0.29, 0.717) is 34.8 Å². The van der Waals surface area contributed by atoms with Gasteiger partial charge in [-0.15, -0.1) is 0 Å². The number of halogens is 1. The molecule has 170 valence electrons. The summed E-state index contributed by atoms with van der Waals surface area (Å²) in [4.78, 5) is 31.3. The third kappa shape index (κ3) is 4.27. The molecule has 0 unspecified atom stereocenters. The predicted molar refractivity (Wildman–Crippen MR) is 133 cm³/mol. The minimum atomic E-state index is -0.485. The first kappa shape index (κ1) is 22.1. The second kappa shape index (κ2) is 9.27. The van der Waals surface area contributed by atoms with Crippen molar-refractivity contribution in [3.63, 3.8) is 0 Å². The lowest BCUT2D eigenvalue weighted by Crippen LogP contribution is -2.37. The molecule has 0 spiro atoms. The molecule has 5 nitrogen and oxygen atoms in total. The number of rotatable bonds is 4. The van der Waals surface area contributed by atoms with Crippen molar-refractivity contribution >= 4 is 29.1 Å². The average Bonchev–Trinajstić information content (AvgIpc) is 2.84. The summed E-state index contributed by atoms with van der Waals surface area (Å²) < 4.78 is 0. The number of carbonyl (C=O) groups is 2. The smallest absolute Gasteiger partial charge is 0.255 e. The lowest BCUT2D eigenvalue weighted by molar-refractivity contribution is -0.116. The number of pyridine rings is 1. The van der Waals surface area contributed by atoms with Crippen LogP contribution in [-0.2, 0) is 9.59 Å². The third-order valence-corrected chi connectivity index (χ3v) is 6.71. The molecule has 34 heavy (non-hydrogen) atoms. The highest BCUT2D eigenvalue weighted by Gasteiger charge is 2.40. The molecule has 2 aliphatic rings. The minimum Gasteiger partial charge on any atom is -0.362 e. The van der Waals surface area contributed by atoms with E-state index in [2.05, 4.69) is 27.8 Å². The quantitative estimate of drug-likeness (QED) is 0.511. The zero-order chi connectivity index (χ0) is 23.7. The second-order valence-corrected chi connectivity index (χ2v) is 9.09. The Balaban J connectivity index is 1.56. The number of hydrogen-bond donors (Lipinski definition) is 2. The van der Waals surface area contributed by atoms with E-state index in [9.17, 15) is 9.59 Å². The summed E-state index contributed by atoms with van der Waals surface area (Å²) in [7, 11) is 0. The van der Waals surface area contributed by atoms with Gasteiger partial charge in [-0.3, -0.25) is 9.59 Å². The number of nitrogens with zero attached hydrogens (tertiary/aromatic N) is 1. The number of Topliss-reactive ketones (excluding diaryl/α,β-unsaturated/α-hetero) is 1. The van der Waals surface area contributed by atoms with Gasteiger partial charge in [-0.25, -0.2) is 4.98 Å². The summed E-state index contributed by atoms with van der Waals surface area (Å²) in [6.45, 7) is 1.89. The van der Waals surface area contributed by atoms with Gasteiger partial charge in [-0.05, 0) is 54.7 Å². The largest absolute Gasteiger partial charge is 0.362 e. The van der Waals surface area contributed by atoms with Gasteiger partial charge in [0.15, 0.2) is 5.78 Å². The maximum atomic E-state index is 13.6. The Bertz CT molecular complexity index is 1300. The Hall–Kier alpha value is -3.70. The highest BCUT2D eigenvalue weighted by Crippen LogP contribution is 2.45. The van der Waals surface area contributed by atoms with Crippen LogP contribution in [0.15, 0.2) is 102 Å². The van der Waals surface area contributed by atoms with Gasteiger partial charge in [0, 0.05) is 46.1 Å². The molecular weight excluding hydrogens is 446 g/mol. The molecule has 0 saturated carbocycles. The topological polar surface area (TPSA) is 71.1 Å². The van der Waals surface area contributed by atoms with Crippen LogP contribution in [0.3, 0.4) is 0 Å². The SMILES string of the molecule is CC1=C(C(=O)Nc2ccccn2)[C@H](c2ccc(Cl)cc2)C2=C(C[C@@H](c3ccccc3)CC2=O)N1. The number of dihydropyridines is 1. The maximum Gasteiger partial charge on any atom is 0.255 e. The Kier molecular flexibility index (Phi) is 6.03. The lowest BCUT2D eigenvalue weighted by atomic mass is 9.71. The van der Waals surface area contributed by atoms with Gasteiger partial charge in [-0.1, -0.05) is 60.1 Å². The van der Waals surface area contributed by atoms with Crippen LogP contribution in [0, 0.1) is 0 Å². The number of anilines is 1. The fourth-order valence-electron chi connectivity index (χ4n) is 4.91. The molecule has 0 bridgehead atoms. The van der Waals surface area contributed by atoms with Gasteiger partial charge in [-0.2, -0.15) is 0 Å². The predicted octanol–water partition coefficient (Wildman–Crippen LogP) is 5.74. The van der Waals surface area contributed by atoms with Crippen molar-refractivity contribution in [3.05, 3.63) is 118 Å². The van der Waals surface area contributed by atoms with Crippen LogP contribution in [0.1, 0.15) is 42.7 Å². The van der Waals surface area contributed by atoms with E-state index in [1.807, 2.05) is 43.3 Å². The van der Waals surface area contributed by atoms with Crippen molar-refractivity contribution in [1.82, 2.24) is 10.3 Å². The minimum absolute atomic E-state index is 0.0539. The number of amides is 1. The van der Waals surface area contributed by atoms with E-state index < -0.39 is 5.92 Å². The van der Waals surface area contributed by atoms with E-state index in [0.717, 1.165) is 22.5 Å². The fourth-order valence-corrected chi connectivity index (χ4v) is 5.04. The molecule has 2 aromatic carbocycles. The van der Waals surface area contributed by atoms with Gasteiger partial charge in [0.1, 0.15) is 5.82 Å². The zero-order valence-electron chi connectivity index (χ0n) is 18.7. The van der Waals surface area contributed by atoms with Crippen LogP contribution in [0.25, 0.3) is 0 Å². The molecule has 2 heterocycles. The molecule has 1 aliphatic heterocycles. The Morgan fingerprint density at radius 3 is 2.41 bits per heavy atom. The summed E-state index contributed by atoms with van der Waals surface area (Å²) >= 11 is 6.15. The van der Waals surface area contributed by atoms with Gasteiger partial charge in [0.25, 0.3) is 5.91 Å². The number of benzene rings is 2. The summed E-state index contributed by atoms with van der Waals surface area (Å²) in [6, 6.07) is 22.8. The van der Waals surface area contributed by atoms with Crippen LogP contribution in [0.2, 0.25) is 5.02 Å². The fraction of sp³-hybridized carbons (Fsp3) is 0.179. The normalized spacial score (nSPS) is 20.0. The summed E-state index contributed by atoms with van der Waals surface area (Å²) in [5, 5.41) is 6.90. The molecule has 1 aromatic heterocycles. The van der Waals surface area contributed by atoms with Crippen molar-refractivity contribution in [2.75, 3.05) is 5.32 Å². The Morgan fingerprint density at radius 2 is 1.71 bits per heavy atom. The van der Waals surface area contributed by atoms with Crippen molar-refractivity contribution < 1.29 is 9.59 Å². The molecule has 5 rings (SSSR count). The number of allylic oxidation sites excluding steroid dienone is 3. The first-order valence-corrected chi connectivity index (χ1v) is 11.7. The molecule has 0 saturated heterocycles. The zero-order valence-corrected chi connectivity index (χ0v) is 19.5. The first-order chi connectivity index (χ1) is 16.5. The van der Waals surface area contributed by atoms with Gasteiger partial charge >= 0.3 is 0 Å². The van der Waals surface area contributed by atoms with Crippen molar-refractivity contribution in [3.8, 4) is 0 Å². The van der Waals surface area contributed by atoms with Crippen LogP contribution in [-0.4, -0.2) is 16.7 Å². The van der Waals surface area contributed by atoms with Crippen molar-refractivity contribution in [2.24, 2.45) is 0 Å². The molecule has 0 radical (unpaired) electrons. The molecule has 3 aromatic rings. The highest BCUT2D eigenvalue weighted by molar-refractivity contribution is 6.30. The molecule has 2 atom stereocenters. The molecule has 6 heteroatoms. The van der Waals surface area contributed by atoms with E-state index in [1.165, 1.54) is 0 Å². The molecule has 0 fully saturated rings. The summed E-state index contributed by atoms with van der Waals surface area (Å²) in [5.74, 6) is -0.156. The average molecular weight is 470 g/mol. The number of ketones is 1. The monoisotopic (exact) mass is 469 g/mol. The van der Waals surface area contributed by atoms with Crippen LogP contribution in [0.4, 0.5) is 5.82 Å². The standard InChI is InChI=1S/C28H24ClN3O2/c1-17-25(28(34)32-24-9-5-6-14-30-24)26(19-10-12-21(29)13-11-19)27-22(31-17)15-20(16-23(27)33)18-7-3-2-4-8-18/h2-14,20,26,31H,15-16H2,1H3,(H,30,32,34)/t20-,26+/m1/s1. The van der Waals surface area contributed by atoms with E-state index >= 15 is 0 Å². The molecule has 2 N–H and O–H groups in total. The lowest BCUT2D eigenvalue weighted by Gasteiger charge is -2.37. The molecule has 1 aliphatic carbocycles. The molecule has 1 amide bonds. The summed E-state index contributed by atoms with van der Waals surface area (Å²) in [6.07, 6.45) is 2.74. The van der Waals surface area contributed by atoms with Gasteiger partial charge < -0.3 is 10.6 Å². The third-order valence-electron chi connectivity index (χ3n) is 6.45. The van der Waals surface area contributed by atoms with Crippen LogP contribution >= 0.6 is 11.6 Å². The Morgan fingerprint density at radius 1 is 0.971 bits per heavy atom. The van der Waals surface area contributed by atoms with E-state index in [1.54, 1.807) is 30.5 Å². The van der Waals surface area contributed by atoms with Crippen LogP contribution in [0.5, 0.6) is 0 Å². The number of nitrogens with one attached hydrogen (secondary N) is 2. The van der Waals surface area contributed by atoms with Crippen LogP contribution < -0.4 is 10.6 Å². The van der Waals surface area contributed by atoms with Crippen molar-refractivity contribution in [1.29, 1.82) is 0 Å². The highest BCUT2D eigenvalue weighted by atomic mass is 35.5. The Labute approximate surface area is 203 Å². The van der Waals surface area contributed by atoms with E-state index in [4.69, 9.17) is 11.6 Å². The van der Waals surface area contributed by atoms with Gasteiger partial charge in [0.2, 0.25) is 0 Å². The van der Waals surface area contributed by atoms with E-state index in [-0.39, 0.29) is 17.6 Å². The maximum absolute atomic E-state index is 13.6. The van der Waals surface area contributed by atoms with Gasteiger partial charge in [0.05, 0.1) is 0 Å². The summed E-state index contributed by atoms with van der Waals surface area (Å²) in [5.41, 5.74) is 4.79. The molecular formula is C28H24ClN3O2. The van der Waals surface area contributed by atoms with Crippen molar-refractivity contribution in [2.45, 2.75) is 31.6 Å². The second-order valence-electron chi connectivity index (χ2n) is 8.65. The number of carbonyl (C=O) groups excluding carboxylic acids is 2. The number of hydrogen-bond acceptors (Lipinski definition) is 4. The number of aromatic nitrogens is 1.